The molecule has 0 bridgehead atoms. The van der Waals surface area contributed by atoms with Gasteiger partial charge in [0.2, 0.25) is 11.8 Å². The van der Waals surface area contributed by atoms with Gasteiger partial charge in [0.15, 0.2) is 0 Å². The second kappa shape index (κ2) is 7.49. The van der Waals surface area contributed by atoms with E-state index in [0.29, 0.717) is 5.56 Å². The SMILES string of the molecule is NC(=O)C(NC(=O)Cc1ccc(-n2cccc2)cc1)c1ccccc1. The number of hydrogen-bond acceptors (Lipinski definition) is 2. The fourth-order valence-electron chi connectivity index (χ4n) is 2.65. The van der Waals surface area contributed by atoms with Gasteiger partial charge >= 0.3 is 0 Å². The molecule has 2 aromatic carbocycles. The highest BCUT2D eigenvalue weighted by Gasteiger charge is 2.19. The maximum atomic E-state index is 12.3. The van der Waals surface area contributed by atoms with E-state index in [2.05, 4.69) is 5.32 Å². The average molecular weight is 333 g/mol. The van der Waals surface area contributed by atoms with E-state index in [1.807, 2.05) is 59.4 Å². The molecule has 0 saturated carbocycles. The molecule has 1 atom stereocenters. The van der Waals surface area contributed by atoms with E-state index in [-0.39, 0.29) is 12.3 Å². The lowest BCUT2D eigenvalue weighted by Gasteiger charge is -2.16. The molecule has 2 amide bonds. The molecule has 0 saturated heterocycles. The second-order valence-electron chi connectivity index (χ2n) is 5.75. The summed E-state index contributed by atoms with van der Waals surface area (Å²) < 4.78 is 1.99. The predicted octanol–water partition coefficient (Wildman–Crippen LogP) is 2.36. The number of rotatable bonds is 6. The number of nitrogens with two attached hydrogens (primary N) is 1. The van der Waals surface area contributed by atoms with E-state index >= 15 is 0 Å². The second-order valence-corrected chi connectivity index (χ2v) is 5.75. The van der Waals surface area contributed by atoms with Gasteiger partial charge in [-0.1, -0.05) is 42.5 Å². The number of carbonyl (C=O) groups excluding carboxylic acids is 2. The van der Waals surface area contributed by atoms with Gasteiger partial charge in [0, 0.05) is 18.1 Å². The van der Waals surface area contributed by atoms with Crippen molar-refractivity contribution in [2.24, 2.45) is 5.73 Å². The Morgan fingerprint density at radius 3 is 2.16 bits per heavy atom. The van der Waals surface area contributed by atoms with Crippen LogP contribution in [0.3, 0.4) is 0 Å². The van der Waals surface area contributed by atoms with Gasteiger partial charge in [0.25, 0.3) is 0 Å². The van der Waals surface area contributed by atoms with E-state index in [4.69, 9.17) is 5.73 Å². The Morgan fingerprint density at radius 1 is 0.920 bits per heavy atom. The summed E-state index contributed by atoms with van der Waals surface area (Å²) in [6, 6.07) is 19.8. The van der Waals surface area contributed by atoms with Gasteiger partial charge in [-0.05, 0) is 35.4 Å². The van der Waals surface area contributed by atoms with Gasteiger partial charge in [-0.25, -0.2) is 0 Å². The third-order valence-electron chi connectivity index (χ3n) is 3.93. The molecule has 3 N–H and O–H groups in total. The molecule has 5 nitrogen and oxygen atoms in total. The molecule has 0 spiro atoms. The lowest BCUT2D eigenvalue weighted by molar-refractivity contribution is -0.127. The molecule has 1 unspecified atom stereocenters. The lowest BCUT2D eigenvalue weighted by Crippen LogP contribution is -2.38. The summed E-state index contributed by atoms with van der Waals surface area (Å²) in [5, 5.41) is 2.70. The summed E-state index contributed by atoms with van der Waals surface area (Å²) >= 11 is 0. The fraction of sp³-hybridized carbons (Fsp3) is 0.100. The topological polar surface area (TPSA) is 77.1 Å². The van der Waals surface area contributed by atoms with Crippen LogP contribution < -0.4 is 11.1 Å². The first-order valence-corrected chi connectivity index (χ1v) is 7.99. The first-order chi connectivity index (χ1) is 12.1. The number of nitrogens with one attached hydrogen (secondary N) is 1. The highest BCUT2D eigenvalue weighted by Crippen LogP contribution is 2.14. The first kappa shape index (κ1) is 16.5. The quantitative estimate of drug-likeness (QED) is 0.726. The summed E-state index contributed by atoms with van der Waals surface area (Å²) in [6.07, 6.45) is 4.10. The number of aromatic nitrogens is 1. The van der Waals surface area contributed by atoms with Crippen molar-refractivity contribution >= 4 is 11.8 Å². The van der Waals surface area contributed by atoms with Crippen LogP contribution in [0, 0.1) is 0 Å². The van der Waals surface area contributed by atoms with Crippen molar-refractivity contribution < 1.29 is 9.59 Å². The van der Waals surface area contributed by atoms with Crippen LogP contribution in [0.1, 0.15) is 17.2 Å². The molecule has 0 radical (unpaired) electrons. The largest absolute Gasteiger partial charge is 0.368 e. The summed E-state index contributed by atoms with van der Waals surface area (Å²) in [5.41, 5.74) is 7.99. The summed E-state index contributed by atoms with van der Waals surface area (Å²) in [5.74, 6) is -0.830. The smallest absolute Gasteiger partial charge is 0.244 e. The number of benzene rings is 2. The van der Waals surface area contributed by atoms with Crippen LogP contribution in [0.2, 0.25) is 0 Å². The summed E-state index contributed by atoms with van der Waals surface area (Å²) in [4.78, 5) is 24.0. The van der Waals surface area contributed by atoms with Crippen molar-refractivity contribution in [2.75, 3.05) is 0 Å². The summed E-state index contributed by atoms with van der Waals surface area (Å²) in [7, 11) is 0. The monoisotopic (exact) mass is 333 g/mol. The molecule has 25 heavy (non-hydrogen) atoms. The van der Waals surface area contributed by atoms with E-state index < -0.39 is 11.9 Å². The van der Waals surface area contributed by atoms with Crippen LogP contribution in [0.4, 0.5) is 0 Å². The Hall–Kier alpha value is -3.34. The lowest BCUT2D eigenvalue weighted by atomic mass is 10.1. The van der Waals surface area contributed by atoms with Crippen molar-refractivity contribution in [3.8, 4) is 5.69 Å². The van der Waals surface area contributed by atoms with Crippen molar-refractivity contribution in [1.29, 1.82) is 0 Å². The first-order valence-electron chi connectivity index (χ1n) is 7.99. The predicted molar refractivity (Wildman–Crippen MR) is 96.0 cm³/mol. The van der Waals surface area contributed by atoms with E-state index in [1.54, 1.807) is 24.3 Å². The van der Waals surface area contributed by atoms with Crippen LogP contribution >= 0.6 is 0 Å². The molecule has 0 aliphatic heterocycles. The Morgan fingerprint density at radius 2 is 1.56 bits per heavy atom. The minimum absolute atomic E-state index is 0.183. The number of nitrogens with zero attached hydrogens (tertiary/aromatic N) is 1. The van der Waals surface area contributed by atoms with E-state index in [0.717, 1.165) is 11.3 Å². The average Bonchev–Trinajstić information content (AvgIpc) is 3.15. The van der Waals surface area contributed by atoms with Gasteiger partial charge < -0.3 is 15.6 Å². The van der Waals surface area contributed by atoms with Crippen LogP contribution in [0.5, 0.6) is 0 Å². The normalized spacial score (nSPS) is 11.7. The molecule has 126 valence electrons. The Labute approximate surface area is 146 Å². The van der Waals surface area contributed by atoms with Gasteiger partial charge in [-0.2, -0.15) is 0 Å². The maximum absolute atomic E-state index is 12.3. The molecular formula is C20H19N3O2. The third kappa shape index (κ3) is 4.14. The van der Waals surface area contributed by atoms with Crippen molar-refractivity contribution in [3.05, 3.63) is 90.3 Å². The molecular weight excluding hydrogens is 314 g/mol. The van der Waals surface area contributed by atoms with Crippen LogP contribution in [-0.4, -0.2) is 16.4 Å². The molecule has 1 aromatic heterocycles. The molecule has 5 heteroatoms. The zero-order valence-corrected chi connectivity index (χ0v) is 13.6. The maximum Gasteiger partial charge on any atom is 0.244 e. The Balaban J connectivity index is 1.66. The van der Waals surface area contributed by atoms with Crippen LogP contribution in [0.25, 0.3) is 5.69 Å². The summed E-state index contributed by atoms with van der Waals surface area (Å²) in [6.45, 7) is 0. The van der Waals surface area contributed by atoms with Gasteiger partial charge in [-0.3, -0.25) is 9.59 Å². The standard InChI is InChI=1S/C20H19N3O2/c21-20(25)19(16-6-2-1-3-7-16)22-18(24)14-15-8-10-17(11-9-15)23-12-4-5-13-23/h1-13,19H,14H2,(H2,21,25)(H,22,24). The van der Waals surface area contributed by atoms with E-state index in [1.165, 1.54) is 0 Å². The molecule has 0 aliphatic rings. The fourth-order valence-corrected chi connectivity index (χ4v) is 2.65. The molecule has 0 aliphatic carbocycles. The molecule has 3 rings (SSSR count). The highest BCUT2D eigenvalue weighted by molar-refractivity contribution is 5.88. The minimum Gasteiger partial charge on any atom is -0.368 e. The Kier molecular flexibility index (Phi) is 4.95. The van der Waals surface area contributed by atoms with Crippen LogP contribution in [0.15, 0.2) is 79.1 Å². The van der Waals surface area contributed by atoms with Crippen LogP contribution in [-0.2, 0) is 16.0 Å². The Bertz CT molecular complexity index is 840. The van der Waals surface area contributed by atoms with Crippen molar-refractivity contribution in [3.63, 3.8) is 0 Å². The molecule has 1 heterocycles. The zero-order valence-electron chi connectivity index (χ0n) is 13.6. The zero-order chi connectivity index (χ0) is 17.6. The molecule has 0 fully saturated rings. The number of amides is 2. The number of hydrogen-bond donors (Lipinski definition) is 2. The van der Waals surface area contributed by atoms with Crippen molar-refractivity contribution in [1.82, 2.24) is 9.88 Å². The van der Waals surface area contributed by atoms with Gasteiger partial charge in [-0.15, -0.1) is 0 Å². The molecule has 3 aromatic rings. The number of carbonyl (C=O) groups is 2. The number of primary amides is 1. The van der Waals surface area contributed by atoms with E-state index in [9.17, 15) is 9.59 Å². The highest BCUT2D eigenvalue weighted by atomic mass is 16.2. The van der Waals surface area contributed by atoms with Gasteiger partial charge in [0.1, 0.15) is 6.04 Å². The van der Waals surface area contributed by atoms with Crippen molar-refractivity contribution in [2.45, 2.75) is 12.5 Å². The third-order valence-corrected chi connectivity index (χ3v) is 3.93. The minimum atomic E-state index is -0.826. The van der Waals surface area contributed by atoms with Gasteiger partial charge in [0.05, 0.1) is 6.42 Å².